The van der Waals surface area contributed by atoms with E-state index in [2.05, 4.69) is 14.9 Å². The second-order valence-electron chi connectivity index (χ2n) is 3.29. The van der Waals surface area contributed by atoms with Crippen LogP contribution in [0.4, 0.5) is 13.2 Å². The van der Waals surface area contributed by atoms with Gasteiger partial charge < -0.3 is 15.0 Å². The normalized spacial score (nSPS) is 11.6. The SMILES string of the molecule is NCc1nc(-c2ccc(OC(F)(F)F)cc2)no1. The maximum absolute atomic E-state index is 11.9. The van der Waals surface area contributed by atoms with Crippen LogP contribution < -0.4 is 10.5 Å². The van der Waals surface area contributed by atoms with Crippen LogP contribution in [0.15, 0.2) is 28.8 Å². The molecule has 2 rings (SSSR count). The minimum absolute atomic E-state index is 0.0995. The second kappa shape index (κ2) is 4.65. The molecule has 0 aliphatic heterocycles. The number of benzene rings is 1. The summed E-state index contributed by atoms with van der Waals surface area (Å²) in [6.45, 7) is 0.0995. The molecule has 18 heavy (non-hydrogen) atoms. The van der Waals surface area contributed by atoms with Crippen molar-refractivity contribution >= 4 is 0 Å². The van der Waals surface area contributed by atoms with Gasteiger partial charge in [0.15, 0.2) is 0 Å². The molecule has 0 radical (unpaired) electrons. The molecule has 2 aromatic rings. The van der Waals surface area contributed by atoms with Crippen LogP contribution in [0, 0.1) is 0 Å². The van der Waals surface area contributed by atoms with Crippen molar-refractivity contribution in [1.29, 1.82) is 0 Å². The van der Waals surface area contributed by atoms with Gasteiger partial charge in [-0.2, -0.15) is 4.98 Å². The van der Waals surface area contributed by atoms with Gasteiger partial charge in [0.1, 0.15) is 5.75 Å². The fourth-order valence-electron chi connectivity index (χ4n) is 1.26. The van der Waals surface area contributed by atoms with Crippen molar-refractivity contribution in [2.45, 2.75) is 12.9 Å². The van der Waals surface area contributed by atoms with Gasteiger partial charge in [0.05, 0.1) is 6.54 Å². The van der Waals surface area contributed by atoms with Gasteiger partial charge in [-0.25, -0.2) is 0 Å². The van der Waals surface area contributed by atoms with Gasteiger partial charge in [-0.05, 0) is 24.3 Å². The molecule has 0 aliphatic carbocycles. The topological polar surface area (TPSA) is 74.2 Å². The average molecular weight is 259 g/mol. The molecule has 0 fully saturated rings. The Morgan fingerprint density at radius 2 is 1.89 bits per heavy atom. The van der Waals surface area contributed by atoms with Crippen molar-refractivity contribution in [2.24, 2.45) is 5.73 Å². The molecular formula is C10H8F3N3O2. The molecule has 0 bridgehead atoms. The molecule has 0 saturated carbocycles. The van der Waals surface area contributed by atoms with E-state index in [1.54, 1.807) is 0 Å². The summed E-state index contributed by atoms with van der Waals surface area (Å²) >= 11 is 0. The Balaban J connectivity index is 2.17. The molecule has 8 heteroatoms. The first-order valence-electron chi connectivity index (χ1n) is 4.87. The van der Waals surface area contributed by atoms with Crippen LogP contribution >= 0.6 is 0 Å². The highest BCUT2D eigenvalue weighted by molar-refractivity contribution is 5.55. The third-order valence-corrected chi connectivity index (χ3v) is 1.99. The fourth-order valence-corrected chi connectivity index (χ4v) is 1.26. The molecule has 0 atom stereocenters. The highest BCUT2D eigenvalue weighted by Crippen LogP contribution is 2.25. The lowest BCUT2D eigenvalue weighted by Gasteiger charge is -2.08. The predicted octanol–water partition coefficient (Wildman–Crippen LogP) is 2.09. The van der Waals surface area contributed by atoms with Crippen LogP contribution in [0.3, 0.4) is 0 Å². The number of hydrogen-bond acceptors (Lipinski definition) is 5. The summed E-state index contributed by atoms with van der Waals surface area (Å²) in [5, 5.41) is 3.63. The van der Waals surface area contributed by atoms with Gasteiger partial charge in [0.25, 0.3) is 0 Å². The summed E-state index contributed by atoms with van der Waals surface area (Å²) in [5.74, 6) is 0.198. The number of ether oxygens (including phenoxy) is 1. The van der Waals surface area contributed by atoms with Gasteiger partial charge >= 0.3 is 6.36 Å². The number of nitrogens with two attached hydrogens (primary N) is 1. The van der Waals surface area contributed by atoms with E-state index in [0.29, 0.717) is 5.56 Å². The van der Waals surface area contributed by atoms with Crippen molar-refractivity contribution in [1.82, 2.24) is 10.1 Å². The van der Waals surface area contributed by atoms with E-state index in [1.807, 2.05) is 0 Å². The highest BCUT2D eigenvalue weighted by Gasteiger charge is 2.31. The maximum atomic E-state index is 11.9. The van der Waals surface area contributed by atoms with E-state index in [0.717, 1.165) is 0 Å². The van der Waals surface area contributed by atoms with Gasteiger partial charge in [0, 0.05) is 5.56 Å². The van der Waals surface area contributed by atoms with Crippen molar-refractivity contribution < 1.29 is 22.4 Å². The Morgan fingerprint density at radius 3 is 2.39 bits per heavy atom. The largest absolute Gasteiger partial charge is 0.573 e. The van der Waals surface area contributed by atoms with Crippen LogP contribution in [0.25, 0.3) is 11.4 Å². The summed E-state index contributed by atoms with van der Waals surface area (Å²) in [5.41, 5.74) is 5.80. The quantitative estimate of drug-likeness (QED) is 0.913. The molecule has 1 heterocycles. The van der Waals surface area contributed by atoms with Crippen LogP contribution in [-0.2, 0) is 6.54 Å². The van der Waals surface area contributed by atoms with Crippen molar-refractivity contribution in [3.05, 3.63) is 30.2 Å². The molecular weight excluding hydrogens is 251 g/mol. The molecule has 5 nitrogen and oxygen atoms in total. The first-order valence-corrected chi connectivity index (χ1v) is 4.87. The zero-order valence-electron chi connectivity index (χ0n) is 8.94. The summed E-state index contributed by atoms with van der Waals surface area (Å²) < 4.78 is 44.3. The molecule has 0 spiro atoms. The number of aromatic nitrogens is 2. The lowest BCUT2D eigenvalue weighted by Crippen LogP contribution is -2.16. The van der Waals surface area contributed by atoms with Gasteiger partial charge in [0.2, 0.25) is 11.7 Å². The number of halogens is 3. The van der Waals surface area contributed by atoms with Crippen LogP contribution in [0.5, 0.6) is 5.75 Å². The van der Waals surface area contributed by atoms with Gasteiger partial charge in [-0.3, -0.25) is 0 Å². The van der Waals surface area contributed by atoms with E-state index in [1.165, 1.54) is 24.3 Å². The predicted molar refractivity (Wildman–Crippen MR) is 54.3 cm³/mol. The lowest BCUT2D eigenvalue weighted by molar-refractivity contribution is -0.274. The smallest absolute Gasteiger partial charge is 0.406 e. The molecule has 0 unspecified atom stereocenters. The standard InChI is InChI=1S/C10H8F3N3O2/c11-10(12,13)17-7-3-1-6(2-4-7)9-15-8(5-14)18-16-9/h1-4H,5,14H2. The number of nitrogens with zero attached hydrogens (tertiary/aromatic N) is 2. The van der Waals surface area contributed by atoms with Gasteiger partial charge in [-0.1, -0.05) is 5.16 Å². The highest BCUT2D eigenvalue weighted by atomic mass is 19.4. The molecule has 1 aromatic heterocycles. The Hall–Kier alpha value is -2.09. The number of hydrogen-bond donors (Lipinski definition) is 1. The third-order valence-electron chi connectivity index (χ3n) is 1.99. The summed E-state index contributed by atoms with van der Waals surface area (Å²) in [4.78, 5) is 3.94. The lowest BCUT2D eigenvalue weighted by atomic mass is 10.2. The Labute approximate surface area is 99.4 Å². The summed E-state index contributed by atoms with van der Waals surface area (Å²) in [6, 6.07) is 5.13. The molecule has 2 N–H and O–H groups in total. The van der Waals surface area contributed by atoms with E-state index >= 15 is 0 Å². The first-order chi connectivity index (χ1) is 8.48. The Kier molecular flexibility index (Phi) is 3.19. The van der Waals surface area contributed by atoms with E-state index in [-0.39, 0.29) is 24.0 Å². The number of rotatable bonds is 3. The zero-order valence-corrected chi connectivity index (χ0v) is 8.94. The van der Waals surface area contributed by atoms with Crippen molar-refractivity contribution in [2.75, 3.05) is 0 Å². The summed E-state index contributed by atoms with van der Waals surface area (Å²) in [6.07, 6.45) is -4.71. The molecule has 1 aromatic carbocycles. The van der Waals surface area contributed by atoms with Crippen molar-refractivity contribution in [3.8, 4) is 17.1 Å². The first kappa shape index (κ1) is 12.4. The number of alkyl halides is 3. The fraction of sp³-hybridized carbons (Fsp3) is 0.200. The molecule has 96 valence electrons. The molecule has 0 saturated heterocycles. The molecule has 0 amide bonds. The van der Waals surface area contributed by atoms with Gasteiger partial charge in [-0.15, -0.1) is 13.2 Å². The van der Waals surface area contributed by atoms with Crippen molar-refractivity contribution in [3.63, 3.8) is 0 Å². The summed E-state index contributed by atoms with van der Waals surface area (Å²) in [7, 11) is 0. The second-order valence-corrected chi connectivity index (χ2v) is 3.29. The minimum Gasteiger partial charge on any atom is -0.406 e. The van der Waals surface area contributed by atoms with E-state index in [4.69, 9.17) is 10.3 Å². The zero-order chi connectivity index (χ0) is 13.2. The van der Waals surface area contributed by atoms with Crippen LogP contribution in [0.1, 0.15) is 5.89 Å². The monoisotopic (exact) mass is 259 g/mol. The third kappa shape index (κ3) is 2.98. The van der Waals surface area contributed by atoms with E-state index in [9.17, 15) is 13.2 Å². The van der Waals surface area contributed by atoms with Crippen LogP contribution in [0.2, 0.25) is 0 Å². The van der Waals surface area contributed by atoms with E-state index < -0.39 is 6.36 Å². The minimum atomic E-state index is -4.71. The average Bonchev–Trinajstić information content (AvgIpc) is 2.76. The van der Waals surface area contributed by atoms with Crippen LogP contribution in [-0.4, -0.2) is 16.5 Å². The Bertz CT molecular complexity index is 522. The maximum Gasteiger partial charge on any atom is 0.573 e. The molecule has 0 aliphatic rings. The Morgan fingerprint density at radius 1 is 1.22 bits per heavy atom.